The Morgan fingerprint density at radius 2 is 1.88 bits per heavy atom. The fourth-order valence-corrected chi connectivity index (χ4v) is 1.59. The summed E-state index contributed by atoms with van der Waals surface area (Å²) < 4.78 is 0. The average Bonchev–Trinajstić information content (AvgIpc) is 2.33. The number of carbonyl (C=O) groups is 1. The number of benzene rings is 1. The normalized spacial score (nSPS) is 10.0. The van der Waals surface area contributed by atoms with Gasteiger partial charge in [-0.1, -0.05) is 18.2 Å². The first-order valence-corrected chi connectivity index (χ1v) is 5.46. The minimum atomic E-state index is -0.120. The number of carbonyl (C=O) groups excluding carboxylic acids is 1. The van der Waals surface area contributed by atoms with Crippen molar-refractivity contribution in [2.75, 3.05) is 5.32 Å². The zero-order chi connectivity index (χ0) is 12.3. The van der Waals surface area contributed by atoms with Crippen LogP contribution in [-0.4, -0.2) is 10.9 Å². The van der Waals surface area contributed by atoms with E-state index in [1.165, 1.54) is 0 Å². The number of rotatable bonds is 2. The molecule has 3 nitrogen and oxygen atoms in total. The van der Waals surface area contributed by atoms with Gasteiger partial charge in [-0.15, -0.1) is 0 Å². The third-order valence-corrected chi connectivity index (χ3v) is 2.50. The molecule has 1 heterocycles. The molecule has 2 rings (SSSR count). The second-order valence-electron chi connectivity index (χ2n) is 3.97. The molecule has 0 fully saturated rings. The highest BCUT2D eigenvalue weighted by Crippen LogP contribution is 2.11. The Labute approximate surface area is 101 Å². The molecular formula is C14H14N2O. The van der Waals surface area contributed by atoms with Crippen molar-refractivity contribution in [3.8, 4) is 0 Å². The van der Waals surface area contributed by atoms with Crippen LogP contribution in [0.15, 0.2) is 42.6 Å². The van der Waals surface area contributed by atoms with Crippen molar-refractivity contribution in [3.05, 3.63) is 59.4 Å². The van der Waals surface area contributed by atoms with Crippen LogP contribution in [0.4, 0.5) is 5.69 Å². The van der Waals surface area contributed by atoms with Gasteiger partial charge in [0.2, 0.25) is 0 Å². The molecule has 0 unspecified atom stereocenters. The van der Waals surface area contributed by atoms with Gasteiger partial charge in [-0.2, -0.15) is 0 Å². The molecule has 1 aromatic carbocycles. The molecule has 17 heavy (non-hydrogen) atoms. The number of nitrogens with zero attached hydrogens (tertiary/aromatic N) is 1. The van der Waals surface area contributed by atoms with Gasteiger partial charge in [0.25, 0.3) is 5.91 Å². The Morgan fingerprint density at radius 3 is 2.59 bits per heavy atom. The van der Waals surface area contributed by atoms with Crippen LogP contribution in [0.3, 0.4) is 0 Å². The summed E-state index contributed by atoms with van der Waals surface area (Å²) in [7, 11) is 0. The molecule has 0 saturated heterocycles. The van der Waals surface area contributed by atoms with Gasteiger partial charge in [-0.25, -0.2) is 0 Å². The molecule has 0 bridgehead atoms. The lowest BCUT2D eigenvalue weighted by Crippen LogP contribution is -2.14. The molecule has 1 aromatic heterocycles. The number of nitrogens with one attached hydrogen (secondary N) is 1. The second kappa shape index (κ2) is 4.78. The van der Waals surface area contributed by atoms with E-state index in [1.807, 2.05) is 50.2 Å². The van der Waals surface area contributed by atoms with Gasteiger partial charge in [0.05, 0.1) is 5.56 Å². The number of anilines is 1. The quantitative estimate of drug-likeness (QED) is 0.855. The lowest BCUT2D eigenvalue weighted by atomic mass is 10.1. The highest BCUT2D eigenvalue weighted by molar-refractivity contribution is 6.05. The maximum atomic E-state index is 12.0. The van der Waals surface area contributed by atoms with Gasteiger partial charge < -0.3 is 5.32 Å². The summed E-state index contributed by atoms with van der Waals surface area (Å²) in [5, 5.41) is 2.85. The van der Waals surface area contributed by atoms with E-state index in [1.54, 1.807) is 6.20 Å². The first kappa shape index (κ1) is 11.3. The van der Waals surface area contributed by atoms with E-state index < -0.39 is 0 Å². The summed E-state index contributed by atoms with van der Waals surface area (Å²) in [6.45, 7) is 3.76. The Morgan fingerprint density at radius 1 is 1.18 bits per heavy atom. The lowest BCUT2D eigenvalue weighted by Gasteiger charge is -2.07. The SMILES string of the molecule is Cc1cnc(C)c(C(=O)Nc2ccccc2)c1. The number of para-hydroxylation sites is 1. The van der Waals surface area contributed by atoms with Crippen molar-refractivity contribution in [1.82, 2.24) is 4.98 Å². The monoisotopic (exact) mass is 226 g/mol. The van der Waals surface area contributed by atoms with Crippen molar-refractivity contribution in [1.29, 1.82) is 0 Å². The molecule has 0 aliphatic carbocycles. The number of aromatic nitrogens is 1. The van der Waals surface area contributed by atoms with Crippen LogP contribution in [0.1, 0.15) is 21.6 Å². The van der Waals surface area contributed by atoms with Crippen LogP contribution in [0.2, 0.25) is 0 Å². The zero-order valence-electron chi connectivity index (χ0n) is 9.90. The second-order valence-corrected chi connectivity index (χ2v) is 3.97. The van der Waals surface area contributed by atoms with E-state index >= 15 is 0 Å². The first-order valence-electron chi connectivity index (χ1n) is 5.46. The van der Waals surface area contributed by atoms with Crippen LogP contribution in [0.25, 0.3) is 0 Å². The third-order valence-electron chi connectivity index (χ3n) is 2.50. The van der Waals surface area contributed by atoms with Crippen molar-refractivity contribution >= 4 is 11.6 Å². The third kappa shape index (κ3) is 2.69. The van der Waals surface area contributed by atoms with E-state index in [9.17, 15) is 4.79 Å². The maximum absolute atomic E-state index is 12.0. The molecule has 0 spiro atoms. The maximum Gasteiger partial charge on any atom is 0.257 e. The van der Waals surface area contributed by atoms with Crippen LogP contribution < -0.4 is 5.32 Å². The van der Waals surface area contributed by atoms with Crippen molar-refractivity contribution in [2.24, 2.45) is 0 Å². The number of pyridine rings is 1. The summed E-state index contributed by atoms with van der Waals surface area (Å²) >= 11 is 0. The minimum Gasteiger partial charge on any atom is -0.322 e. The standard InChI is InChI=1S/C14H14N2O/c1-10-8-13(11(2)15-9-10)14(17)16-12-6-4-3-5-7-12/h3-9H,1-2H3,(H,16,17). The predicted octanol–water partition coefficient (Wildman–Crippen LogP) is 2.95. The van der Waals surface area contributed by atoms with E-state index in [4.69, 9.17) is 0 Å². The Balaban J connectivity index is 2.23. The molecule has 0 saturated carbocycles. The van der Waals surface area contributed by atoms with Gasteiger partial charge in [0, 0.05) is 17.6 Å². The number of amides is 1. The topological polar surface area (TPSA) is 42.0 Å². The number of hydrogen-bond donors (Lipinski definition) is 1. The highest BCUT2D eigenvalue weighted by atomic mass is 16.1. The summed E-state index contributed by atoms with van der Waals surface area (Å²) in [6.07, 6.45) is 1.76. The molecule has 1 N–H and O–H groups in total. The van der Waals surface area contributed by atoms with Crippen molar-refractivity contribution < 1.29 is 4.79 Å². The minimum absolute atomic E-state index is 0.120. The van der Waals surface area contributed by atoms with E-state index in [2.05, 4.69) is 10.3 Å². The van der Waals surface area contributed by atoms with Gasteiger partial charge in [-0.05, 0) is 37.6 Å². The molecule has 0 atom stereocenters. The average molecular weight is 226 g/mol. The summed E-state index contributed by atoms with van der Waals surface area (Å²) in [5.74, 6) is -0.120. The molecule has 3 heteroatoms. The number of hydrogen-bond acceptors (Lipinski definition) is 2. The highest BCUT2D eigenvalue weighted by Gasteiger charge is 2.10. The summed E-state index contributed by atoms with van der Waals surface area (Å²) in [4.78, 5) is 16.2. The largest absolute Gasteiger partial charge is 0.322 e. The van der Waals surface area contributed by atoms with Crippen molar-refractivity contribution in [3.63, 3.8) is 0 Å². The smallest absolute Gasteiger partial charge is 0.257 e. The molecule has 0 aliphatic heterocycles. The summed E-state index contributed by atoms with van der Waals surface area (Å²) in [6, 6.07) is 11.2. The summed E-state index contributed by atoms with van der Waals surface area (Å²) in [5.41, 5.74) is 3.13. The molecule has 1 amide bonds. The Kier molecular flexibility index (Phi) is 3.19. The fraction of sp³-hybridized carbons (Fsp3) is 0.143. The molecule has 0 radical (unpaired) electrons. The van der Waals surface area contributed by atoms with E-state index in [-0.39, 0.29) is 5.91 Å². The van der Waals surface area contributed by atoms with Crippen LogP contribution in [0.5, 0.6) is 0 Å². The van der Waals surface area contributed by atoms with Crippen LogP contribution >= 0.6 is 0 Å². The van der Waals surface area contributed by atoms with Gasteiger partial charge in [0.1, 0.15) is 0 Å². The van der Waals surface area contributed by atoms with Crippen LogP contribution in [0, 0.1) is 13.8 Å². The van der Waals surface area contributed by atoms with Gasteiger partial charge in [-0.3, -0.25) is 9.78 Å². The molecule has 86 valence electrons. The number of aryl methyl sites for hydroxylation is 2. The predicted molar refractivity (Wildman–Crippen MR) is 68.1 cm³/mol. The molecular weight excluding hydrogens is 212 g/mol. The van der Waals surface area contributed by atoms with Crippen LogP contribution in [-0.2, 0) is 0 Å². The van der Waals surface area contributed by atoms with E-state index in [0.717, 1.165) is 16.9 Å². The first-order chi connectivity index (χ1) is 8.16. The Hall–Kier alpha value is -2.16. The zero-order valence-corrected chi connectivity index (χ0v) is 9.90. The molecule has 2 aromatic rings. The molecule has 0 aliphatic rings. The lowest BCUT2D eigenvalue weighted by molar-refractivity contribution is 0.102. The van der Waals surface area contributed by atoms with E-state index in [0.29, 0.717) is 5.56 Å². The fourth-order valence-electron chi connectivity index (χ4n) is 1.59. The van der Waals surface area contributed by atoms with Gasteiger partial charge >= 0.3 is 0 Å². The van der Waals surface area contributed by atoms with Crippen molar-refractivity contribution in [2.45, 2.75) is 13.8 Å². The van der Waals surface area contributed by atoms with Gasteiger partial charge in [0.15, 0.2) is 0 Å². The Bertz CT molecular complexity index is 535.